The fourth-order valence-electron chi connectivity index (χ4n) is 4.14. The van der Waals surface area contributed by atoms with E-state index in [0.29, 0.717) is 18.2 Å². The van der Waals surface area contributed by atoms with Crippen molar-refractivity contribution < 1.29 is 19.1 Å². The lowest BCUT2D eigenvalue weighted by Crippen LogP contribution is -2.71. The number of halogens is 1. The zero-order chi connectivity index (χ0) is 26.0. The number of alkyl halides is 1. The topological polar surface area (TPSA) is 96.5 Å². The van der Waals surface area contributed by atoms with Gasteiger partial charge in [-0.15, -0.1) is 0 Å². The van der Waals surface area contributed by atoms with E-state index in [1.807, 2.05) is 91.0 Å². The number of carbonyl (C=O) groups is 3. The number of amides is 3. The average molecular weight is 564 g/mol. The number of hydrogen-bond acceptors (Lipinski definition) is 4. The molecule has 3 N–H and O–H groups in total. The minimum atomic E-state index is -0.850. The van der Waals surface area contributed by atoms with Crippen LogP contribution in [0.25, 0.3) is 0 Å². The molecule has 3 amide bonds. The molecule has 1 saturated heterocycles. The summed E-state index contributed by atoms with van der Waals surface area (Å²) in [6.07, 6.45) is 0.148. The maximum absolute atomic E-state index is 13.3. The Labute approximate surface area is 225 Å². The third-order valence-corrected chi connectivity index (χ3v) is 6.80. The molecule has 1 aliphatic heterocycles. The second-order valence-corrected chi connectivity index (χ2v) is 9.55. The Bertz CT molecular complexity index is 1180. The molecular formula is C29H30BrN3O4. The summed E-state index contributed by atoms with van der Waals surface area (Å²) < 4.78 is 6.09. The van der Waals surface area contributed by atoms with Crippen LogP contribution in [0.15, 0.2) is 91.0 Å². The molecule has 3 aromatic carbocycles. The van der Waals surface area contributed by atoms with Crippen molar-refractivity contribution >= 4 is 33.7 Å². The van der Waals surface area contributed by atoms with Gasteiger partial charge in [-0.1, -0.05) is 107 Å². The van der Waals surface area contributed by atoms with E-state index < -0.39 is 24.2 Å². The molecule has 0 saturated carbocycles. The molecule has 1 aliphatic rings. The van der Waals surface area contributed by atoms with Crippen LogP contribution in [0, 0.1) is 0 Å². The quantitative estimate of drug-likeness (QED) is 0.232. The molecule has 0 bridgehead atoms. The Hall–Kier alpha value is -3.49. The number of hydrogen-bond donors (Lipinski definition) is 3. The van der Waals surface area contributed by atoms with Crippen molar-refractivity contribution in [1.82, 2.24) is 16.0 Å². The van der Waals surface area contributed by atoms with E-state index in [1.54, 1.807) is 0 Å². The fourth-order valence-corrected chi connectivity index (χ4v) is 4.67. The summed E-state index contributed by atoms with van der Waals surface area (Å²) in [5, 5.41) is 8.90. The Morgan fingerprint density at radius 1 is 0.892 bits per heavy atom. The van der Waals surface area contributed by atoms with Gasteiger partial charge in [0.1, 0.15) is 6.04 Å². The molecule has 0 aromatic heterocycles. The van der Waals surface area contributed by atoms with Gasteiger partial charge in [0.25, 0.3) is 0 Å². The van der Waals surface area contributed by atoms with Gasteiger partial charge in [-0.3, -0.25) is 14.4 Å². The molecule has 192 valence electrons. The Kier molecular flexibility index (Phi) is 9.46. The van der Waals surface area contributed by atoms with Crippen LogP contribution < -0.4 is 16.0 Å². The average Bonchev–Trinajstić information content (AvgIpc) is 2.94. The van der Waals surface area contributed by atoms with E-state index in [-0.39, 0.29) is 24.3 Å². The zero-order valence-corrected chi connectivity index (χ0v) is 21.9. The summed E-state index contributed by atoms with van der Waals surface area (Å²) in [5.74, 6) is -0.983. The number of carbonyl (C=O) groups excluding carboxylic acids is 3. The largest absolute Gasteiger partial charge is 0.347 e. The van der Waals surface area contributed by atoms with E-state index >= 15 is 0 Å². The molecular weight excluding hydrogens is 534 g/mol. The minimum Gasteiger partial charge on any atom is -0.347 e. The van der Waals surface area contributed by atoms with Crippen LogP contribution >= 0.6 is 15.9 Å². The van der Waals surface area contributed by atoms with Crippen molar-refractivity contribution in [3.63, 3.8) is 0 Å². The van der Waals surface area contributed by atoms with Gasteiger partial charge in [-0.2, -0.15) is 0 Å². The van der Waals surface area contributed by atoms with E-state index in [2.05, 4.69) is 31.9 Å². The lowest BCUT2D eigenvalue weighted by Gasteiger charge is -2.39. The van der Waals surface area contributed by atoms with E-state index in [1.165, 1.54) is 0 Å². The van der Waals surface area contributed by atoms with Crippen LogP contribution in [-0.4, -0.2) is 41.4 Å². The first-order valence-corrected chi connectivity index (χ1v) is 13.4. The van der Waals surface area contributed by atoms with Crippen LogP contribution in [0.5, 0.6) is 0 Å². The molecule has 3 aromatic rings. The molecule has 1 fully saturated rings. The molecule has 0 spiro atoms. The minimum absolute atomic E-state index is 0.228. The Balaban J connectivity index is 1.40. The van der Waals surface area contributed by atoms with E-state index in [9.17, 15) is 14.4 Å². The Morgan fingerprint density at radius 2 is 1.49 bits per heavy atom. The van der Waals surface area contributed by atoms with Crippen molar-refractivity contribution in [3.05, 3.63) is 108 Å². The smallest absolute Gasteiger partial charge is 0.249 e. The molecule has 1 heterocycles. The van der Waals surface area contributed by atoms with Crippen molar-refractivity contribution in [2.24, 2.45) is 0 Å². The fraction of sp³-hybridized carbons (Fsp3) is 0.276. The molecule has 0 radical (unpaired) electrons. The third kappa shape index (κ3) is 7.50. The Morgan fingerprint density at radius 3 is 2.08 bits per heavy atom. The highest BCUT2D eigenvalue weighted by Gasteiger charge is 2.43. The first-order chi connectivity index (χ1) is 18.0. The van der Waals surface area contributed by atoms with Crippen LogP contribution in [0.1, 0.15) is 29.2 Å². The summed E-state index contributed by atoms with van der Waals surface area (Å²) in [6.45, 7) is 0. The van der Waals surface area contributed by atoms with Gasteiger partial charge < -0.3 is 20.7 Å². The highest BCUT2D eigenvalue weighted by atomic mass is 79.9. The predicted molar refractivity (Wildman–Crippen MR) is 145 cm³/mol. The number of rotatable bonds is 12. The normalized spacial score (nSPS) is 18.1. The standard InChI is InChI=1S/C29H30BrN3O4/c30-19-24(22-14-8-3-9-15-22)37-29-26(28(36)33-29)32-27(35)23(18-21-12-6-2-7-13-21)31-25(34)17-16-20-10-4-1-5-11-20/h1-15,23-24,26,29H,16-19H2,(H,31,34)(H,32,35)(H,33,36)/t23-,24?,26+,29+/m0/s1. The van der Waals surface area contributed by atoms with Gasteiger partial charge >= 0.3 is 0 Å². The lowest BCUT2D eigenvalue weighted by molar-refractivity contribution is -0.156. The number of ether oxygens (including phenoxy) is 1. The molecule has 7 nitrogen and oxygen atoms in total. The van der Waals surface area contributed by atoms with Gasteiger partial charge in [-0.05, 0) is 23.1 Å². The second kappa shape index (κ2) is 13.2. The number of benzene rings is 3. The number of aryl methyl sites for hydroxylation is 1. The van der Waals surface area contributed by atoms with Crippen molar-refractivity contribution in [1.29, 1.82) is 0 Å². The van der Waals surface area contributed by atoms with Crippen LogP contribution in [0.4, 0.5) is 0 Å². The van der Waals surface area contributed by atoms with Crippen LogP contribution in [0.3, 0.4) is 0 Å². The summed E-state index contributed by atoms with van der Waals surface area (Å²) in [5.41, 5.74) is 2.91. The first kappa shape index (κ1) is 26.6. The van der Waals surface area contributed by atoms with Crippen molar-refractivity contribution in [2.45, 2.75) is 43.7 Å². The highest BCUT2D eigenvalue weighted by molar-refractivity contribution is 9.09. The molecule has 37 heavy (non-hydrogen) atoms. The van der Waals surface area contributed by atoms with Crippen LogP contribution in [0.2, 0.25) is 0 Å². The monoisotopic (exact) mass is 563 g/mol. The van der Waals surface area contributed by atoms with Gasteiger partial charge in [0, 0.05) is 18.2 Å². The number of β-lactam (4-membered cyclic amide) rings is 1. The zero-order valence-electron chi connectivity index (χ0n) is 20.3. The maximum Gasteiger partial charge on any atom is 0.249 e. The van der Waals surface area contributed by atoms with E-state index in [4.69, 9.17) is 4.74 Å². The van der Waals surface area contributed by atoms with Crippen molar-refractivity contribution in [2.75, 3.05) is 5.33 Å². The number of nitrogens with one attached hydrogen (secondary N) is 3. The molecule has 8 heteroatoms. The summed E-state index contributed by atoms with van der Waals surface area (Å²) in [7, 11) is 0. The molecule has 0 aliphatic carbocycles. The van der Waals surface area contributed by atoms with Gasteiger partial charge in [0.05, 0.1) is 6.10 Å². The predicted octanol–water partition coefficient (Wildman–Crippen LogP) is 3.44. The lowest BCUT2D eigenvalue weighted by atomic mass is 10.0. The highest BCUT2D eigenvalue weighted by Crippen LogP contribution is 2.24. The summed E-state index contributed by atoms with van der Waals surface area (Å²) in [6, 6.07) is 27.1. The SMILES string of the molecule is O=C(CCc1ccccc1)N[C@@H](Cc1ccccc1)C(=O)N[C@@H]1C(=O)N[C@@H]1OC(CBr)c1ccccc1. The second-order valence-electron chi connectivity index (χ2n) is 8.90. The summed E-state index contributed by atoms with van der Waals surface area (Å²) >= 11 is 3.47. The molecule has 1 unspecified atom stereocenters. The van der Waals surface area contributed by atoms with Crippen LogP contribution in [-0.2, 0) is 32.0 Å². The van der Waals surface area contributed by atoms with Gasteiger partial charge in [-0.25, -0.2) is 0 Å². The molecule has 4 atom stereocenters. The summed E-state index contributed by atoms with van der Waals surface area (Å²) in [4.78, 5) is 38.4. The third-order valence-electron chi connectivity index (χ3n) is 6.21. The first-order valence-electron chi connectivity index (χ1n) is 12.3. The van der Waals surface area contributed by atoms with Crippen molar-refractivity contribution in [3.8, 4) is 0 Å². The molecule has 4 rings (SSSR count). The van der Waals surface area contributed by atoms with Gasteiger partial charge in [0.15, 0.2) is 12.3 Å². The van der Waals surface area contributed by atoms with Gasteiger partial charge in [0.2, 0.25) is 17.7 Å². The maximum atomic E-state index is 13.3. The van der Waals surface area contributed by atoms with E-state index in [0.717, 1.165) is 16.7 Å².